The monoisotopic (exact) mass is 396 g/mol. The van der Waals surface area contributed by atoms with Crippen molar-refractivity contribution in [1.29, 1.82) is 0 Å². The Kier molecular flexibility index (Phi) is 16.9. The van der Waals surface area contributed by atoms with Gasteiger partial charge in [0.15, 0.2) is 0 Å². The predicted molar refractivity (Wildman–Crippen MR) is 37.6 cm³/mol. The summed E-state index contributed by atoms with van der Waals surface area (Å²) in [6.45, 7) is 4.60. The Morgan fingerprint density at radius 2 is 1.56 bits per heavy atom. The summed E-state index contributed by atoms with van der Waals surface area (Å²) in [5.74, 6) is 0. The van der Waals surface area contributed by atoms with Gasteiger partial charge in [-0.3, -0.25) is 0 Å². The van der Waals surface area contributed by atoms with Crippen LogP contribution in [0.15, 0.2) is 0 Å². The molecular weight excluding hydrogens is 382 g/mol. The van der Waals surface area contributed by atoms with Crippen LogP contribution in [-0.2, 0) is 3.83 Å². The molecule has 5 heteroatoms. The summed E-state index contributed by atoms with van der Waals surface area (Å²) in [5, 5.41) is 0. The van der Waals surface area contributed by atoms with Crippen molar-refractivity contribution in [3.05, 3.63) is 0 Å². The second kappa shape index (κ2) is 11.9. The van der Waals surface area contributed by atoms with Gasteiger partial charge in [0.1, 0.15) is 0 Å². The molecule has 0 aliphatic rings. The Morgan fingerprint density at radius 3 is 1.56 bits per heavy atom. The van der Waals surface area contributed by atoms with Crippen LogP contribution in [-0.4, -0.2) is 47.1 Å². The molecule has 3 nitrogen and oxygen atoms in total. The van der Waals surface area contributed by atoms with E-state index in [2.05, 4.69) is 13.8 Å². The Morgan fingerprint density at radius 1 is 1.33 bits per heavy atom. The summed E-state index contributed by atoms with van der Waals surface area (Å²) < 4.78 is 26.2. The molecule has 0 atom stereocenters. The van der Waals surface area contributed by atoms with Crippen molar-refractivity contribution in [2.75, 3.05) is 0 Å². The maximum absolute atomic E-state index is 8.76. The fourth-order valence-corrected chi connectivity index (χ4v) is 2.19. The zero-order valence-electron chi connectivity index (χ0n) is 5.63. The van der Waals surface area contributed by atoms with Gasteiger partial charge in [0.2, 0.25) is 0 Å². The van der Waals surface area contributed by atoms with Crippen LogP contribution in [0.2, 0.25) is 7.96 Å². The standard InChI is InChI=1S/2C2H5.H2O3Se.Pb/c2*1-2;1-4(2)3;/h2*1H2,2H3;(H2,1,2,3);. The van der Waals surface area contributed by atoms with E-state index in [1.54, 1.807) is 0 Å². The van der Waals surface area contributed by atoms with E-state index >= 15 is 0 Å². The summed E-state index contributed by atoms with van der Waals surface area (Å²) in [4.78, 5) is 0. The van der Waals surface area contributed by atoms with Crippen molar-refractivity contribution >= 4 is 38.7 Å². The first kappa shape index (κ1) is 12.8. The molecular formula is C4H12O3PbSe. The van der Waals surface area contributed by atoms with E-state index in [4.69, 9.17) is 12.2 Å². The van der Waals surface area contributed by atoms with E-state index < -0.39 is 14.5 Å². The molecule has 2 N–H and O–H groups in total. The second-order valence-electron chi connectivity index (χ2n) is 1.19. The van der Waals surface area contributed by atoms with Gasteiger partial charge < -0.3 is 0 Å². The molecule has 0 amide bonds. The van der Waals surface area contributed by atoms with E-state index in [0.29, 0.717) is 0 Å². The van der Waals surface area contributed by atoms with Crippen LogP contribution in [0.25, 0.3) is 0 Å². The minimum absolute atomic E-state index is 0.0494. The Labute approximate surface area is 72.4 Å². The van der Waals surface area contributed by atoms with Crippen molar-refractivity contribution in [2.24, 2.45) is 0 Å². The molecule has 0 heterocycles. The molecule has 0 aromatic rings. The summed E-state index contributed by atoms with van der Waals surface area (Å²) in [6.07, 6.45) is 0. The van der Waals surface area contributed by atoms with E-state index in [-0.39, 0.29) is 24.2 Å². The summed E-state index contributed by atoms with van der Waals surface area (Å²) in [7, 11) is 0. The normalized spacial score (nSPS) is 8.56. The third-order valence-corrected chi connectivity index (χ3v) is 4.39. The van der Waals surface area contributed by atoms with Crippen LogP contribution in [0.4, 0.5) is 0 Å². The minimum atomic E-state index is -3.29. The van der Waals surface area contributed by atoms with Gasteiger partial charge in [0.25, 0.3) is 0 Å². The zero-order valence-corrected chi connectivity index (χ0v) is 11.2. The van der Waals surface area contributed by atoms with E-state index in [0.717, 1.165) is 0 Å². The molecule has 0 unspecified atom stereocenters. The first-order valence-corrected chi connectivity index (χ1v) is 10.4. The van der Waals surface area contributed by atoms with E-state index in [9.17, 15) is 0 Å². The van der Waals surface area contributed by atoms with Gasteiger partial charge in [-0.05, 0) is 0 Å². The summed E-state index contributed by atoms with van der Waals surface area (Å²) in [6, 6.07) is 0. The van der Waals surface area contributed by atoms with Crippen molar-refractivity contribution < 1.29 is 12.2 Å². The SMILES string of the molecule is C[CH2][Pb][CH2]C.O=[Se](O)O. The molecule has 0 spiro atoms. The van der Waals surface area contributed by atoms with Gasteiger partial charge in [0, 0.05) is 0 Å². The van der Waals surface area contributed by atoms with Crippen molar-refractivity contribution in [1.82, 2.24) is 0 Å². The van der Waals surface area contributed by atoms with Crippen LogP contribution in [0, 0.1) is 0 Å². The number of hydrogen-bond acceptors (Lipinski definition) is 1. The quantitative estimate of drug-likeness (QED) is 0.646. The second-order valence-corrected chi connectivity index (χ2v) is 9.60. The number of rotatable bonds is 2. The van der Waals surface area contributed by atoms with Crippen LogP contribution in [0.3, 0.4) is 0 Å². The van der Waals surface area contributed by atoms with Crippen molar-refractivity contribution in [3.8, 4) is 0 Å². The Bertz CT molecular complexity index is 62.8. The molecule has 0 aliphatic heterocycles. The first-order chi connectivity index (χ1) is 4.15. The van der Waals surface area contributed by atoms with Gasteiger partial charge in [-0.1, -0.05) is 0 Å². The van der Waals surface area contributed by atoms with Gasteiger partial charge in [-0.25, -0.2) is 0 Å². The van der Waals surface area contributed by atoms with E-state index in [1.165, 1.54) is 7.96 Å². The third-order valence-electron chi connectivity index (χ3n) is 0.500. The molecule has 0 bridgehead atoms. The predicted octanol–water partition coefficient (Wildman–Crippen LogP) is -0.0466. The average molecular weight is 394 g/mol. The van der Waals surface area contributed by atoms with Crippen LogP contribution in [0.5, 0.6) is 0 Å². The van der Waals surface area contributed by atoms with E-state index in [1.807, 2.05) is 0 Å². The topological polar surface area (TPSA) is 57.5 Å². The molecule has 0 saturated carbocycles. The molecule has 56 valence electrons. The fourth-order valence-electron chi connectivity index (χ4n) is 0.250. The molecule has 0 saturated heterocycles. The van der Waals surface area contributed by atoms with Gasteiger partial charge in [-0.15, -0.1) is 0 Å². The average Bonchev–Trinajstić information content (AvgIpc) is 1.66. The summed E-state index contributed by atoms with van der Waals surface area (Å²) in [5.41, 5.74) is 0. The van der Waals surface area contributed by atoms with Crippen LogP contribution in [0.1, 0.15) is 13.8 Å². The van der Waals surface area contributed by atoms with Crippen molar-refractivity contribution in [3.63, 3.8) is 0 Å². The maximum atomic E-state index is 8.76. The Balaban J connectivity index is 0. The fraction of sp³-hybridized carbons (Fsp3) is 1.00. The van der Waals surface area contributed by atoms with Crippen molar-refractivity contribution in [2.45, 2.75) is 21.8 Å². The molecule has 0 aliphatic carbocycles. The molecule has 9 heavy (non-hydrogen) atoms. The van der Waals surface area contributed by atoms with Crippen LogP contribution < -0.4 is 0 Å². The molecule has 0 rings (SSSR count). The van der Waals surface area contributed by atoms with Gasteiger partial charge in [0.05, 0.1) is 0 Å². The molecule has 0 fully saturated rings. The molecule has 2 radical (unpaired) electrons. The molecule has 0 aromatic carbocycles. The third kappa shape index (κ3) is 47.0. The Hall–Kier alpha value is 1.16. The van der Waals surface area contributed by atoms with Gasteiger partial charge >= 0.3 is 72.7 Å². The number of hydrogen-bond donors (Lipinski definition) is 2. The molecule has 0 aromatic heterocycles. The van der Waals surface area contributed by atoms with Gasteiger partial charge in [-0.2, -0.15) is 0 Å². The van der Waals surface area contributed by atoms with Crippen LogP contribution >= 0.6 is 0 Å². The first-order valence-electron chi connectivity index (χ1n) is 2.65. The summed E-state index contributed by atoms with van der Waals surface area (Å²) >= 11 is -3.24. The zero-order chi connectivity index (χ0) is 7.70.